The summed E-state index contributed by atoms with van der Waals surface area (Å²) in [5.41, 5.74) is -0.378. The van der Waals surface area contributed by atoms with Crippen molar-refractivity contribution in [3.63, 3.8) is 0 Å². The molecule has 2 aliphatic rings. The van der Waals surface area contributed by atoms with E-state index in [4.69, 9.17) is 0 Å². The van der Waals surface area contributed by atoms with Gasteiger partial charge >= 0.3 is 6.18 Å². The number of hydrogen-bond donors (Lipinski definition) is 0. The molecule has 0 radical (unpaired) electrons. The summed E-state index contributed by atoms with van der Waals surface area (Å²) in [6, 6.07) is 4.56. The van der Waals surface area contributed by atoms with Gasteiger partial charge in [-0.15, -0.1) is 0 Å². The van der Waals surface area contributed by atoms with Gasteiger partial charge in [0.25, 0.3) is 0 Å². The first-order valence-corrected chi connectivity index (χ1v) is 9.89. The normalized spacial score (nSPS) is 20.2. The van der Waals surface area contributed by atoms with E-state index in [9.17, 15) is 22.4 Å². The molecule has 0 spiro atoms. The molecule has 7 heteroatoms. The third-order valence-electron chi connectivity index (χ3n) is 6.50. The Labute approximate surface area is 161 Å². The number of carbonyl (C=O) groups excluding carboxylic acids is 1. The van der Waals surface area contributed by atoms with Crippen LogP contribution in [0.5, 0.6) is 0 Å². The second-order valence-corrected chi connectivity index (χ2v) is 8.69. The van der Waals surface area contributed by atoms with Crippen LogP contribution < -0.4 is 0 Å². The van der Waals surface area contributed by atoms with Crippen molar-refractivity contribution in [3.8, 4) is 0 Å². The summed E-state index contributed by atoms with van der Waals surface area (Å²) in [6.45, 7) is 2.15. The number of aryl methyl sites for hydroxylation is 1. The second-order valence-electron chi connectivity index (χ2n) is 8.69. The molecule has 2 saturated carbocycles. The molecule has 28 heavy (non-hydrogen) atoms. The maximum Gasteiger partial charge on any atom is 0.394 e. The fraction of sp³-hybridized carbons (Fsp3) is 0.619. The molecule has 0 atom stereocenters. The summed E-state index contributed by atoms with van der Waals surface area (Å²) in [5.74, 6) is 0.102. The van der Waals surface area contributed by atoms with Crippen molar-refractivity contribution in [3.05, 3.63) is 29.8 Å². The van der Waals surface area contributed by atoms with Crippen molar-refractivity contribution in [2.24, 2.45) is 5.41 Å². The van der Waals surface area contributed by atoms with E-state index in [2.05, 4.69) is 16.5 Å². The van der Waals surface area contributed by atoms with E-state index in [1.807, 2.05) is 0 Å². The topological polar surface area (TPSA) is 34.9 Å². The lowest BCUT2D eigenvalue weighted by Gasteiger charge is -2.41. The van der Waals surface area contributed by atoms with Crippen LogP contribution in [0.3, 0.4) is 0 Å². The molecule has 0 unspecified atom stereocenters. The molecule has 1 aromatic carbocycles. The minimum absolute atomic E-state index is 0.0575. The summed E-state index contributed by atoms with van der Waals surface area (Å²) < 4.78 is 54.8. The van der Waals surface area contributed by atoms with Crippen molar-refractivity contribution < 1.29 is 22.4 Å². The molecule has 2 aliphatic carbocycles. The van der Waals surface area contributed by atoms with Crippen LogP contribution in [-0.2, 0) is 16.8 Å². The Bertz CT molecular complexity index is 907. The fourth-order valence-electron chi connectivity index (χ4n) is 4.41. The Hall–Kier alpha value is -1.92. The van der Waals surface area contributed by atoms with Gasteiger partial charge < -0.3 is 4.57 Å². The maximum absolute atomic E-state index is 13.6. The van der Waals surface area contributed by atoms with Gasteiger partial charge in [-0.1, -0.05) is 0 Å². The molecule has 1 aromatic heterocycles. The Morgan fingerprint density at radius 3 is 2.50 bits per heavy atom. The number of halogens is 4. The molecule has 152 valence electrons. The lowest BCUT2D eigenvalue weighted by molar-refractivity contribution is -0.190. The van der Waals surface area contributed by atoms with E-state index >= 15 is 0 Å². The third-order valence-corrected chi connectivity index (χ3v) is 6.50. The molecule has 0 saturated heterocycles. The van der Waals surface area contributed by atoms with E-state index < -0.39 is 18.0 Å². The number of nitrogens with zero attached hydrogens (tertiary/aromatic N) is 2. The van der Waals surface area contributed by atoms with Gasteiger partial charge in [-0.25, -0.2) is 9.37 Å². The van der Waals surface area contributed by atoms with E-state index in [0.29, 0.717) is 18.4 Å². The Kier molecular flexibility index (Phi) is 4.55. The van der Waals surface area contributed by atoms with Crippen LogP contribution >= 0.6 is 0 Å². The molecule has 0 amide bonds. The van der Waals surface area contributed by atoms with E-state index in [1.165, 1.54) is 12.1 Å². The highest BCUT2D eigenvalue weighted by molar-refractivity contribution is 5.80. The number of aromatic nitrogens is 2. The van der Waals surface area contributed by atoms with E-state index in [-0.39, 0.29) is 36.4 Å². The predicted molar refractivity (Wildman–Crippen MR) is 97.5 cm³/mol. The fourth-order valence-corrected chi connectivity index (χ4v) is 4.41. The number of carbonyl (C=O) groups is 1. The van der Waals surface area contributed by atoms with Crippen molar-refractivity contribution in [1.82, 2.24) is 9.55 Å². The Morgan fingerprint density at radius 2 is 1.93 bits per heavy atom. The Morgan fingerprint density at radius 1 is 1.21 bits per heavy atom. The zero-order valence-electron chi connectivity index (χ0n) is 15.9. The highest BCUT2D eigenvalue weighted by atomic mass is 19.4. The number of Topliss-reactive ketones (excluding diaryl/α,β-unsaturated/α-hetero) is 1. The van der Waals surface area contributed by atoms with Gasteiger partial charge in [0.05, 0.1) is 16.4 Å². The zero-order chi connectivity index (χ0) is 20.2. The number of benzene rings is 1. The van der Waals surface area contributed by atoms with E-state index in [0.717, 1.165) is 30.6 Å². The molecule has 3 nitrogen and oxygen atoms in total. The average Bonchev–Trinajstić information content (AvgIpc) is 3.27. The molecule has 2 aromatic rings. The molecule has 1 heterocycles. The SMILES string of the molecule is CC1(n2c(CCCC(=O)CC3(C(F)(F)F)CC3)nc3cc(F)ccc32)CCC1. The molecular weight excluding hydrogens is 372 g/mol. The summed E-state index contributed by atoms with van der Waals surface area (Å²) >= 11 is 0. The number of ketones is 1. The van der Waals surface area contributed by atoms with Gasteiger partial charge in [0.1, 0.15) is 17.4 Å². The highest BCUT2D eigenvalue weighted by Gasteiger charge is 2.63. The zero-order valence-corrected chi connectivity index (χ0v) is 15.9. The van der Waals surface area contributed by atoms with Gasteiger partial charge in [0.15, 0.2) is 0 Å². The maximum atomic E-state index is 13.6. The van der Waals surface area contributed by atoms with Crippen LogP contribution in [-0.4, -0.2) is 21.5 Å². The standard InChI is InChI=1S/C21H24F4N2O/c1-19(8-3-9-19)27-17-7-6-14(22)12-16(17)26-18(27)5-2-4-15(28)13-20(10-11-20)21(23,24)25/h6-7,12H,2-5,8-11,13H2,1H3. The summed E-state index contributed by atoms with van der Waals surface area (Å²) in [5, 5.41) is 0. The van der Waals surface area contributed by atoms with E-state index in [1.54, 1.807) is 6.07 Å². The lowest BCUT2D eigenvalue weighted by Crippen LogP contribution is -2.38. The molecule has 0 N–H and O–H groups in total. The summed E-state index contributed by atoms with van der Waals surface area (Å²) in [6.07, 6.45) is -0.378. The van der Waals surface area contributed by atoms with Gasteiger partial charge in [0, 0.05) is 30.9 Å². The molecule has 4 rings (SSSR count). The Balaban J connectivity index is 1.46. The first-order chi connectivity index (χ1) is 13.1. The first-order valence-electron chi connectivity index (χ1n) is 9.89. The van der Waals surface area contributed by atoms with Gasteiger partial charge in [-0.2, -0.15) is 13.2 Å². The van der Waals surface area contributed by atoms with Crippen molar-refractivity contribution in [2.75, 3.05) is 0 Å². The van der Waals surface area contributed by atoms with Crippen LogP contribution in [0.25, 0.3) is 11.0 Å². The van der Waals surface area contributed by atoms with Crippen molar-refractivity contribution in [2.45, 2.75) is 76.4 Å². The van der Waals surface area contributed by atoms with Crippen molar-refractivity contribution in [1.29, 1.82) is 0 Å². The van der Waals surface area contributed by atoms with Crippen LogP contribution in [0, 0.1) is 11.2 Å². The number of hydrogen-bond acceptors (Lipinski definition) is 2. The van der Waals surface area contributed by atoms with Crippen molar-refractivity contribution >= 4 is 16.8 Å². The lowest BCUT2D eigenvalue weighted by atomic mass is 9.78. The van der Waals surface area contributed by atoms with Crippen LogP contribution in [0.15, 0.2) is 18.2 Å². The molecule has 0 bridgehead atoms. The minimum atomic E-state index is -4.29. The number of alkyl halides is 3. The smallest absolute Gasteiger partial charge is 0.322 e. The second kappa shape index (κ2) is 6.56. The summed E-state index contributed by atoms with van der Waals surface area (Å²) in [4.78, 5) is 16.7. The van der Waals surface area contributed by atoms with Crippen LogP contribution in [0.2, 0.25) is 0 Å². The van der Waals surface area contributed by atoms with Gasteiger partial charge in [-0.3, -0.25) is 4.79 Å². The molecule has 0 aliphatic heterocycles. The monoisotopic (exact) mass is 396 g/mol. The third kappa shape index (κ3) is 3.33. The van der Waals surface area contributed by atoms with Crippen LogP contribution in [0.4, 0.5) is 17.6 Å². The number of rotatable bonds is 7. The largest absolute Gasteiger partial charge is 0.394 e. The predicted octanol–water partition coefficient (Wildman–Crippen LogP) is 5.70. The number of fused-ring (bicyclic) bond motifs is 1. The van der Waals surface area contributed by atoms with Gasteiger partial charge in [0.2, 0.25) is 0 Å². The van der Waals surface area contributed by atoms with Crippen LogP contribution in [0.1, 0.15) is 64.1 Å². The van der Waals surface area contributed by atoms with Gasteiger partial charge in [-0.05, 0) is 57.6 Å². The first kappa shape index (κ1) is 19.4. The number of imidazole rings is 1. The quantitative estimate of drug-likeness (QED) is 0.563. The average molecular weight is 396 g/mol. The molecule has 2 fully saturated rings. The highest BCUT2D eigenvalue weighted by Crippen LogP contribution is 2.60. The summed E-state index contributed by atoms with van der Waals surface area (Å²) in [7, 11) is 0. The molecular formula is C21H24F4N2O. The minimum Gasteiger partial charge on any atom is -0.322 e.